The van der Waals surface area contributed by atoms with E-state index in [9.17, 15) is 4.79 Å². The summed E-state index contributed by atoms with van der Waals surface area (Å²) in [6.45, 7) is 1.67. The van der Waals surface area contributed by atoms with Gasteiger partial charge >= 0.3 is 0 Å². The Morgan fingerprint density at radius 1 is 1.42 bits per heavy atom. The Morgan fingerprint density at radius 3 is 2.63 bits per heavy atom. The van der Waals surface area contributed by atoms with Crippen LogP contribution >= 0.6 is 0 Å². The number of nitrogens with zero attached hydrogens (tertiary/aromatic N) is 3. The highest BCUT2D eigenvalue weighted by molar-refractivity contribution is 5.92. The van der Waals surface area contributed by atoms with E-state index in [1.54, 1.807) is 24.1 Å². The first-order chi connectivity index (χ1) is 9.16. The standard InChI is InChI=1S/C14H21N3O2/c1-16-11(4-8-15-16)13(18)17-9-6-14(7-10-17)5-3-12(14)19-2/h4,8,12H,3,5-7,9-10H2,1-2H3. The molecule has 2 heterocycles. The minimum absolute atomic E-state index is 0.100. The molecule has 3 rings (SSSR count). The molecule has 1 aromatic rings. The number of ether oxygens (including phenoxy) is 1. The van der Waals surface area contributed by atoms with Crippen LogP contribution in [0.15, 0.2) is 12.3 Å². The van der Waals surface area contributed by atoms with Crippen molar-refractivity contribution in [2.45, 2.75) is 31.8 Å². The number of carbonyl (C=O) groups is 1. The predicted octanol–water partition coefficient (Wildman–Crippen LogP) is 1.45. The van der Waals surface area contributed by atoms with E-state index in [0.717, 1.165) is 25.9 Å². The maximum absolute atomic E-state index is 12.4. The van der Waals surface area contributed by atoms with Crippen molar-refractivity contribution in [1.29, 1.82) is 0 Å². The third kappa shape index (κ3) is 1.96. The summed E-state index contributed by atoms with van der Waals surface area (Å²) in [7, 11) is 3.62. The van der Waals surface area contributed by atoms with Crippen LogP contribution in [0.25, 0.3) is 0 Å². The third-order valence-electron chi connectivity index (χ3n) is 4.96. The molecular weight excluding hydrogens is 242 g/mol. The van der Waals surface area contributed by atoms with Gasteiger partial charge in [0, 0.05) is 38.9 Å². The molecule has 0 N–H and O–H groups in total. The molecule has 1 saturated heterocycles. The summed E-state index contributed by atoms with van der Waals surface area (Å²) < 4.78 is 7.20. The Bertz CT molecular complexity index is 473. The molecule has 104 valence electrons. The summed E-state index contributed by atoms with van der Waals surface area (Å²) in [5, 5.41) is 4.06. The number of aromatic nitrogens is 2. The zero-order valence-electron chi connectivity index (χ0n) is 11.6. The summed E-state index contributed by atoms with van der Waals surface area (Å²) in [5.74, 6) is 0.100. The van der Waals surface area contributed by atoms with Crippen LogP contribution in [0.5, 0.6) is 0 Å². The second-order valence-corrected chi connectivity index (χ2v) is 5.76. The number of likely N-dealkylation sites (tertiary alicyclic amines) is 1. The van der Waals surface area contributed by atoms with E-state index < -0.39 is 0 Å². The molecule has 1 aliphatic heterocycles. The number of amides is 1. The van der Waals surface area contributed by atoms with E-state index in [2.05, 4.69) is 5.10 Å². The number of hydrogen-bond donors (Lipinski definition) is 0. The normalized spacial score (nSPS) is 25.4. The summed E-state index contributed by atoms with van der Waals surface area (Å²) in [6, 6.07) is 1.79. The monoisotopic (exact) mass is 263 g/mol. The van der Waals surface area contributed by atoms with Gasteiger partial charge in [0.05, 0.1) is 6.10 Å². The van der Waals surface area contributed by atoms with Crippen molar-refractivity contribution in [2.75, 3.05) is 20.2 Å². The molecule has 0 bridgehead atoms. The van der Waals surface area contributed by atoms with Crippen molar-refractivity contribution >= 4 is 5.91 Å². The van der Waals surface area contributed by atoms with Crippen LogP contribution in [0.4, 0.5) is 0 Å². The molecule has 1 spiro atoms. The number of methoxy groups -OCH3 is 1. The van der Waals surface area contributed by atoms with Crippen molar-refractivity contribution < 1.29 is 9.53 Å². The van der Waals surface area contributed by atoms with E-state index in [-0.39, 0.29) is 5.91 Å². The van der Waals surface area contributed by atoms with E-state index >= 15 is 0 Å². The van der Waals surface area contributed by atoms with E-state index in [1.165, 1.54) is 12.8 Å². The Kier molecular flexibility index (Phi) is 3.09. The summed E-state index contributed by atoms with van der Waals surface area (Å²) in [5.41, 5.74) is 1.02. The molecule has 1 saturated carbocycles. The van der Waals surface area contributed by atoms with Gasteiger partial charge in [-0.1, -0.05) is 0 Å². The van der Waals surface area contributed by atoms with Gasteiger partial charge in [0.1, 0.15) is 5.69 Å². The maximum Gasteiger partial charge on any atom is 0.272 e. The van der Waals surface area contributed by atoms with Gasteiger partial charge in [0.25, 0.3) is 5.91 Å². The lowest BCUT2D eigenvalue weighted by Gasteiger charge is -2.53. The molecule has 2 fully saturated rings. The Labute approximate surface area is 113 Å². The molecular formula is C14H21N3O2. The van der Waals surface area contributed by atoms with Crippen LogP contribution < -0.4 is 0 Å². The van der Waals surface area contributed by atoms with Crippen molar-refractivity contribution in [3.8, 4) is 0 Å². The van der Waals surface area contributed by atoms with Gasteiger partial charge in [0.15, 0.2) is 0 Å². The summed E-state index contributed by atoms with van der Waals surface area (Å²) in [4.78, 5) is 14.3. The van der Waals surface area contributed by atoms with Crippen LogP contribution in [0.2, 0.25) is 0 Å². The second-order valence-electron chi connectivity index (χ2n) is 5.76. The zero-order valence-corrected chi connectivity index (χ0v) is 11.6. The Hall–Kier alpha value is -1.36. The molecule has 2 aliphatic rings. The topological polar surface area (TPSA) is 47.4 Å². The van der Waals surface area contributed by atoms with Crippen LogP contribution in [-0.4, -0.2) is 46.9 Å². The number of hydrogen-bond acceptors (Lipinski definition) is 3. The number of rotatable bonds is 2. The van der Waals surface area contributed by atoms with Crippen molar-refractivity contribution in [3.63, 3.8) is 0 Å². The number of piperidine rings is 1. The molecule has 1 amide bonds. The third-order valence-corrected chi connectivity index (χ3v) is 4.96. The van der Waals surface area contributed by atoms with E-state index in [0.29, 0.717) is 17.2 Å². The lowest BCUT2D eigenvalue weighted by atomic mass is 9.61. The van der Waals surface area contributed by atoms with Gasteiger partial charge in [-0.3, -0.25) is 9.48 Å². The first-order valence-electron chi connectivity index (χ1n) is 6.96. The summed E-state index contributed by atoms with van der Waals surface area (Å²) >= 11 is 0. The van der Waals surface area contributed by atoms with Crippen LogP contribution in [0, 0.1) is 5.41 Å². The van der Waals surface area contributed by atoms with Gasteiger partial charge < -0.3 is 9.64 Å². The first kappa shape index (κ1) is 12.7. The smallest absolute Gasteiger partial charge is 0.272 e. The first-order valence-corrected chi connectivity index (χ1v) is 6.96. The van der Waals surface area contributed by atoms with E-state index in [4.69, 9.17) is 4.74 Å². The van der Waals surface area contributed by atoms with Crippen molar-refractivity contribution in [2.24, 2.45) is 12.5 Å². The lowest BCUT2D eigenvalue weighted by Crippen LogP contribution is -2.54. The molecule has 5 nitrogen and oxygen atoms in total. The molecule has 1 aromatic heterocycles. The molecule has 19 heavy (non-hydrogen) atoms. The maximum atomic E-state index is 12.4. The molecule has 5 heteroatoms. The van der Waals surface area contributed by atoms with E-state index in [1.807, 2.05) is 11.9 Å². The van der Waals surface area contributed by atoms with Gasteiger partial charge in [-0.05, 0) is 31.7 Å². The number of carbonyl (C=O) groups excluding carboxylic acids is 1. The minimum atomic E-state index is 0.100. The van der Waals surface area contributed by atoms with Crippen LogP contribution in [0.1, 0.15) is 36.2 Å². The van der Waals surface area contributed by atoms with Crippen LogP contribution in [0.3, 0.4) is 0 Å². The van der Waals surface area contributed by atoms with Gasteiger partial charge in [-0.2, -0.15) is 5.10 Å². The van der Waals surface area contributed by atoms with Crippen molar-refractivity contribution in [3.05, 3.63) is 18.0 Å². The average molecular weight is 263 g/mol. The minimum Gasteiger partial charge on any atom is -0.381 e. The molecule has 0 radical (unpaired) electrons. The largest absolute Gasteiger partial charge is 0.381 e. The quantitative estimate of drug-likeness (QED) is 0.811. The summed E-state index contributed by atoms with van der Waals surface area (Å²) in [6.07, 6.45) is 6.63. The van der Waals surface area contributed by atoms with Crippen molar-refractivity contribution in [1.82, 2.24) is 14.7 Å². The lowest BCUT2D eigenvalue weighted by molar-refractivity contribution is -0.116. The van der Waals surface area contributed by atoms with Gasteiger partial charge in [-0.15, -0.1) is 0 Å². The fraction of sp³-hybridized carbons (Fsp3) is 0.714. The predicted molar refractivity (Wildman–Crippen MR) is 70.8 cm³/mol. The molecule has 1 atom stereocenters. The Balaban J connectivity index is 1.65. The highest BCUT2D eigenvalue weighted by Crippen LogP contribution is 2.50. The second kappa shape index (κ2) is 4.63. The number of aryl methyl sites for hydroxylation is 1. The SMILES string of the molecule is COC1CCC12CCN(C(=O)c1ccnn1C)CC2. The highest BCUT2D eigenvalue weighted by atomic mass is 16.5. The fourth-order valence-electron chi connectivity index (χ4n) is 3.51. The fourth-order valence-corrected chi connectivity index (χ4v) is 3.51. The average Bonchev–Trinajstić information content (AvgIpc) is 2.84. The van der Waals surface area contributed by atoms with Gasteiger partial charge in [-0.25, -0.2) is 0 Å². The highest BCUT2D eigenvalue weighted by Gasteiger charge is 2.49. The molecule has 0 aromatic carbocycles. The Morgan fingerprint density at radius 2 is 2.16 bits per heavy atom. The van der Waals surface area contributed by atoms with Crippen LogP contribution in [-0.2, 0) is 11.8 Å². The zero-order chi connectivity index (χ0) is 13.5. The molecule has 1 unspecified atom stereocenters. The van der Waals surface area contributed by atoms with Gasteiger partial charge in [0.2, 0.25) is 0 Å². The molecule has 1 aliphatic carbocycles.